The van der Waals surface area contributed by atoms with Gasteiger partial charge < -0.3 is 10.5 Å². The van der Waals surface area contributed by atoms with E-state index < -0.39 is 0 Å². The van der Waals surface area contributed by atoms with Crippen LogP contribution in [-0.2, 0) is 13.0 Å². The van der Waals surface area contributed by atoms with Gasteiger partial charge in [0.2, 0.25) is 0 Å². The van der Waals surface area contributed by atoms with Crippen molar-refractivity contribution < 1.29 is 4.74 Å². The molecule has 0 aliphatic heterocycles. The Morgan fingerprint density at radius 1 is 1.39 bits per heavy atom. The molecule has 0 spiro atoms. The quantitative estimate of drug-likeness (QED) is 0.902. The molecule has 2 nitrogen and oxygen atoms in total. The summed E-state index contributed by atoms with van der Waals surface area (Å²) in [5.74, 6) is 0.891. The highest BCUT2D eigenvalue weighted by Gasteiger charge is 2.05. The van der Waals surface area contributed by atoms with Crippen LogP contribution in [0.4, 0.5) is 0 Å². The maximum Gasteiger partial charge on any atom is 0.122 e. The number of hydrogen-bond donors (Lipinski definition) is 1. The fraction of sp³-hybridized carbons (Fsp3) is 0.286. The molecule has 0 saturated carbocycles. The predicted octanol–water partition coefficient (Wildman–Crippen LogP) is 3.98. The van der Waals surface area contributed by atoms with Crippen molar-refractivity contribution in [1.82, 2.24) is 0 Å². The predicted molar refractivity (Wildman–Crippen MR) is 80.1 cm³/mol. The first-order valence-electron chi connectivity index (χ1n) is 5.84. The van der Waals surface area contributed by atoms with E-state index in [9.17, 15) is 0 Å². The summed E-state index contributed by atoms with van der Waals surface area (Å²) < 4.78 is 6.86. The highest BCUT2D eigenvalue weighted by atomic mass is 79.9. The van der Waals surface area contributed by atoms with E-state index in [0.717, 1.165) is 16.6 Å². The first-order valence-corrected chi connectivity index (χ1v) is 7.51. The van der Waals surface area contributed by atoms with Gasteiger partial charge in [-0.25, -0.2) is 0 Å². The Bertz CT molecular complexity index is 497. The van der Waals surface area contributed by atoms with Crippen LogP contribution in [0, 0.1) is 0 Å². The molecule has 0 bridgehead atoms. The number of ether oxygens (including phenoxy) is 1. The molecule has 4 heteroatoms. The van der Waals surface area contributed by atoms with Crippen molar-refractivity contribution in [3.63, 3.8) is 0 Å². The molecule has 0 radical (unpaired) electrons. The molecule has 0 fully saturated rings. The molecule has 1 heterocycles. The van der Waals surface area contributed by atoms with Crippen LogP contribution in [-0.4, -0.2) is 6.04 Å². The zero-order chi connectivity index (χ0) is 13.0. The summed E-state index contributed by atoms with van der Waals surface area (Å²) in [6, 6.07) is 10.3. The van der Waals surface area contributed by atoms with Crippen LogP contribution in [0.5, 0.6) is 5.75 Å². The van der Waals surface area contributed by atoms with E-state index in [2.05, 4.69) is 33.4 Å². The molecule has 96 valence electrons. The Labute approximate surface area is 120 Å². The maximum atomic E-state index is 5.83. The largest absolute Gasteiger partial charge is 0.488 e. The van der Waals surface area contributed by atoms with Gasteiger partial charge in [-0.3, -0.25) is 0 Å². The van der Waals surface area contributed by atoms with Crippen LogP contribution >= 0.6 is 27.3 Å². The molecule has 2 rings (SSSR count). The molecule has 1 unspecified atom stereocenters. The normalized spacial score (nSPS) is 12.4. The van der Waals surface area contributed by atoms with E-state index in [0.29, 0.717) is 6.61 Å². The lowest BCUT2D eigenvalue weighted by atomic mass is 10.1. The molecular weight excluding hydrogens is 310 g/mol. The van der Waals surface area contributed by atoms with Gasteiger partial charge in [0.1, 0.15) is 12.4 Å². The van der Waals surface area contributed by atoms with Crippen molar-refractivity contribution in [3.8, 4) is 5.75 Å². The SMILES string of the molecule is CC(N)Cc1cc(OCc2cccs2)ccc1Br. The van der Waals surface area contributed by atoms with Gasteiger partial charge in [-0.15, -0.1) is 11.3 Å². The number of thiophene rings is 1. The molecule has 1 aromatic heterocycles. The lowest BCUT2D eigenvalue weighted by molar-refractivity contribution is 0.309. The highest BCUT2D eigenvalue weighted by Crippen LogP contribution is 2.24. The van der Waals surface area contributed by atoms with Crippen LogP contribution in [0.3, 0.4) is 0 Å². The van der Waals surface area contributed by atoms with Gasteiger partial charge in [-0.1, -0.05) is 22.0 Å². The average Bonchev–Trinajstić information content (AvgIpc) is 2.82. The number of hydrogen-bond acceptors (Lipinski definition) is 3. The van der Waals surface area contributed by atoms with Gasteiger partial charge in [0, 0.05) is 15.4 Å². The first kappa shape index (κ1) is 13.6. The van der Waals surface area contributed by atoms with Gasteiger partial charge in [0.15, 0.2) is 0 Å². The molecule has 2 N–H and O–H groups in total. The number of benzene rings is 1. The van der Waals surface area contributed by atoms with Gasteiger partial charge in [-0.05, 0) is 48.6 Å². The third-order valence-electron chi connectivity index (χ3n) is 2.52. The first-order chi connectivity index (χ1) is 8.65. The minimum absolute atomic E-state index is 0.147. The highest BCUT2D eigenvalue weighted by molar-refractivity contribution is 9.10. The van der Waals surface area contributed by atoms with Crippen molar-refractivity contribution in [2.24, 2.45) is 5.73 Å². The maximum absolute atomic E-state index is 5.83. The third-order valence-corrected chi connectivity index (χ3v) is 4.14. The van der Waals surface area contributed by atoms with E-state index in [-0.39, 0.29) is 6.04 Å². The van der Waals surface area contributed by atoms with Gasteiger partial charge in [-0.2, -0.15) is 0 Å². The molecular formula is C14H16BrNOS. The van der Waals surface area contributed by atoms with Crippen LogP contribution in [0.2, 0.25) is 0 Å². The molecule has 1 atom stereocenters. The summed E-state index contributed by atoms with van der Waals surface area (Å²) in [4.78, 5) is 1.23. The lowest BCUT2D eigenvalue weighted by Crippen LogP contribution is -2.18. The summed E-state index contributed by atoms with van der Waals surface area (Å²) in [7, 11) is 0. The lowest BCUT2D eigenvalue weighted by Gasteiger charge is -2.11. The Hall–Kier alpha value is -0.840. The molecule has 0 aliphatic carbocycles. The summed E-state index contributed by atoms with van der Waals surface area (Å²) in [6.07, 6.45) is 0.844. The van der Waals surface area contributed by atoms with Crippen LogP contribution in [0.25, 0.3) is 0 Å². The van der Waals surface area contributed by atoms with Gasteiger partial charge >= 0.3 is 0 Å². The zero-order valence-electron chi connectivity index (χ0n) is 10.2. The van der Waals surface area contributed by atoms with E-state index in [1.54, 1.807) is 11.3 Å². The fourth-order valence-corrected chi connectivity index (χ4v) is 2.72. The van der Waals surface area contributed by atoms with E-state index in [1.807, 2.05) is 25.1 Å². The molecule has 1 aromatic carbocycles. The molecule has 0 amide bonds. The van der Waals surface area contributed by atoms with Crippen LogP contribution in [0.15, 0.2) is 40.2 Å². The summed E-state index contributed by atoms with van der Waals surface area (Å²) >= 11 is 5.25. The van der Waals surface area contributed by atoms with Gasteiger partial charge in [0.05, 0.1) is 0 Å². The van der Waals surface area contributed by atoms with E-state index in [4.69, 9.17) is 10.5 Å². The average molecular weight is 326 g/mol. The minimum Gasteiger partial charge on any atom is -0.488 e. The van der Waals surface area contributed by atoms with Crippen molar-refractivity contribution in [3.05, 3.63) is 50.6 Å². The Balaban J connectivity index is 2.04. The standard InChI is InChI=1S/C14H16BrNOS/c1-10(16)7-11-8-12(4-5-14(11)15)17-9-13-3-2-6-18-13/h2-6,8,10H,7,9,16H2,1H3. The Morgan fingerprint density at radius 3 is 2.89 bits per heavy atom. The van der Waals surface area contributed by atoms with Crippen molar-refractivity contribution in [2.45, 2.75) is 26.0 Å². The summed E-state index contributed by atoms with van der Waals surface area (Å²) in [5, 5.41) is 2.06. The van der Waals surface area contributed by atoms with E-state index in [1.165, 1.54) is 10.4 Å². The van der Waals surface area contributed by atoms with Crippen molar-refractivity contribution in [2.75, 3.05) is 0 Å². The smallest absolute Gasteiger partial charge is 0.122 e. The topological polar surface area (TPSA) is 35.2 Å². The minimum atomic E-state index is 0.147. The molecule has 0 saturated heterocycles. The number of halogens is 1. The van der Waals surface area contributed by atoms with E-state index >= 15 is 0 Å². The molecule has 18 heavy (non-hydrogen) atoms. The molecule has 0 aliphatic rings. The van der Waals surface area contributed by atoms with Crippen LogP contribution in [0.1, 0.15) is 17.4 Å². The Morgan fingerprint density at radius 2 is 2.22 bits per heavy atom. The second-order valence-corrected chi connectivity index (χ2v) is 6.19. The van der Waals surface area contributed by atoms with Crippen LogP contribution < -0.4 is 10.5 Å². The fourth-order valence-electron chi connectivity index (χ4n) is 1.69. The Kier molecular flexibility index (Phi) is 4.80. The summed E-state index contributed by atoms with van der Waals surface area (Å²) in [6.45, 7) is 2.63. The zero-order valence-corrected chi connectivity index (χ0v) is 12.6. The third kappa shape index (κ3) is 3.83. The summed E-state index contributed by atoms with van der Waals surface area (Å²) in [5.41, 5.74) is 7.02. The van der Waals surface area contributed by atoms with Crippen molar-refractivity contribution >= 4 is 27.3 Å². The van der Waals surface area contributed by atoms with Gasteiger partial charge in [0.25, 0.3) is 0 Å². The number of nitrogens with two attached hydrogens (primary N) is 1. The van der Waals surface area contributed by atoms with Crippen molar-refractivity contribution in [1.29, 1.82) is 0 Å². The second-order valence-electron chi connectivity index (χ2n) is 4.30. The number of rotatable bonds is 5. The second kappa shape index (κ2) is 6.36. The monoisotopic (exact) mass is 325 g/mol. The molecule has 2 aromatic rings.